The molecule has 0 atom stereocenters. The predicted octanol–water partition coefficient (Wildman–Crippen LogP) is 3.16. The topological polar surface area (TPSA) is 59.9 Å². The van der Waals surface area contributed by atoms with Crippen molar-refractivity contribution in [3.8, 4) is 23.8 Å². The highest BCUT2D eigenvalue weighted by Crippen LogP contribution is 2.21. The van der Waals surface area contributed by atoms with Crippen molar-refractivity contribution in [2.75, 3.05) is 13.7 Å². The number of benzene rings is 2. The van der Waals surface area contributed by atoms with Gasteiger partial charge in [0.15, 0.2) is 0 Å². The normalized spacial score (nSPS) is 10.3. The highest BCUT2D eigenvalue weighted by Gasteiger charge is 2.04. The maximum absolute atomic E-state index is 12.0. The van der Waals surface area contributed by atoms with Crippen LogP contribution in [0.1, 0.15) is 11.1 Å². The smallest absolute Gasteiger partial charge is 0.244 e. The van der Waals surface area contributed by atoms with Crippen molar-refractivity contribution in [2.24, 2.45) is 5.10 Å². The summed E-state index contributed by atoms with van der Waals surface area (Å²) in [4.78, 5) is 12.0. The zero-order valence-electron chi connectivity index (χ0n) is 13.7. The summed E-state index contributed by atoms with van der Waals surface area (Å²) < 4.78 is 11.4. The summed E-state index contributed by atoms with van der Waals surface area (Å²) in [5.41, 5.74) is 4.07. The Bertz CT molecular complexity index is 795. The van der Waals surface area contributed by atoms with Gasteiger partial charge in [0.25, 0.3) is 0 Å². The molecule has 0 saturated heterocycles. The lowest BCUT2D eigenvalue weighted by Gasteiger charge is -2.07. The lowest BCUT2D eigenvalue weighted by atomic mass is 10.1. The third-order valence-electron chi connectivity index (χ3n) is 3.20. The lowest BCUT2D eigenvalue weighted by molar-refractivity contribution is -0.120. The van der Waals surface area contributed by atoms with Crippen molar-refractivity contribution in [3.63, 3.8) is 0 Å². The first kappa shape index (κ1) is 18.6. The highest BCUT2D eigenvalue weighted by atomic mass is 79.9. The summed E-state index contributed by atoms with van der Waals surface area (Å²) in [6.07, 6.45) is 6.94. The first-order valence-electron chi connectivity index (χ1n) is 7.43. The Morgan fingerprint density at radius 2 is 2.08 bits per heavy atom. The molecule has 0 radical (unpaired) electrons. The van der Waals surface area contributed by atoms with E-state index >= 15 is 0 Å². The molecule has 0 heterocycles. The number of rotatable bonds is 7. The minimum atomic E-state index is -0.220. The van der Waals surface area contributed by atoms with E-state index in [0.29, 0.717) is 11.3 Å². The number of nitrogens with one attached hydrogen (secondary N) is 1. The molecule has 25 heavy (non-hydrogen) atoms. The molecule has 128 valence electrons. The van der Waals surface area contributed by atoms with Crippen molar-refractivity contribution < 1.29 is 14.3 Å². The van der Waals surface area contributed by atoms with Crippen LogP contribution in [0.15, 0.2) is 52.0 Å². The lowest BCUT2D eigenvalue weighted by Crippen LogP contribution is -2.19. The molecule has 0 aromatic heterocycles. The van der Waals surface area contributed by atoms with Crippen molar-refractivity contribution >= 4 is 28.1 Å². The van der Waals surface area contributed by atoms with Gasteiger partial charge in [-0.25, -0.2) is 5.43 Å². The second-order valence-corrected chi connectivity index (χ2v) is 5.91. The molecule has 0 fully saturated rings. The molecule has 1 amide bonds. The maximum Gasteiger partial charge on any atom is 0.244 e. The van der Waals surface area contributed by atoms with Crippen molar-refractivity contribution in [3.05, 3.63) is 58.1 Å². The molecular formula is C19H17BrN2O3. The van der Waals surface area contributed by atoms with Crippen LogP contribution in [0.4, 0.5) is 0 Å². The van der Waals surface area contributed by atoms with Crippen LogP contribution < -0.4 is 14.9 Å². The number of halogens is 1. The van der Waals surface area contributed by atoms with Gasteiger partial charge in [0.1, 0.15) is 18.1 Å². The van der Waals surface area contributed by atoms with E-state index in [9.17, 15) is 4.79 Å². The number of ether oxygens (including phenoxy) is 2. The van der Waals surface area contributed by atoms with E-state index in [1.807, 2.05) is 36.4 Å². The molecule has 0 spiro atoms. The number of methoxy groups -OCH3 is 1. The summed E-state index contributed by atoms with van der Waals surface area (Å²) in [6.45, 7) is 0.159. The van der Waals surface area contributed by atoms with E-state index in [2.05, 4.69) is 32.4 Å². The largest absolute Gasteiger partial charge is 0.497 e. The highest BCUT2D eigenvalue weighted by molar-refractivity contribution is 9.10. The Balaban J connectivity index is 1.96. The molecule has 0 bridgehead atoms. The van der Waals surface area contributed by atoms with Crippen LogP contribution in [-0.2, 0) is 11.2 Å². The third kappa shape index (κ3) is 5.98. The number of hydrazone groups is 1. The molecule has 1 N–H and O–H groups in total. The molecule has 2 rings (SSSR count). The number of carbonyl (C=O) groups excluding carboxylic acids is 1. The van der Waals surface area contributed by atoms with Crippen LogP contribution >= 0.6 is 15.9 Å². The summed E-state index contributed by atoms with van der Waals surface area (Å²) in [7, 11) is 1.60. The Labute approximate surface area is 155 Å². The molecule has 5 nitrogen and oxygen atoms in total. The zero-order chi connectivity index (χ0) is 18.1. The van der Waals surface area contributed by atoms with E-state index < -0.39 is 0 Å². The fourth-order valence-electron chi connectivity index (χ4n) is 2.01. The summed E-state index contributed by atoms with van der Waals surface area (Å²) >= 11 is 3.39. The average molecular weight is 401 g/mol. The molecule has 2 aromatic rings. The standard InChI is InChI=1S/C19H17BrN2O3/c1-3-10-25-18-9-6-16(20)12-15(18)13-21-22-19(23)11-14-4-7-17(24-2)8-5-14/h1,4-9,12-13H,10-11H2,2H3,(H,22,23)/b21-13+. The maximum atomic E-state index is 12.0. The monoisotopic (exact) mass is 400 g/mol. The first-order valence-corrected chi connectivity index (χ1v) is 8.22. The fourth-order valence-corrected chi connectivity index (χ4v) is 2.39. The second-order valence-electron chi connectivity index (χ2n) is 4.99. The van der Waals surface area contributed by atoms with Gasteiger partial charge in [-0.15, -0.1) is 6.42 Å². The Kier molecular flexibility index (Phi) is 7.05. The average Bonchev–Trinajstić information content (AvgIpc) is 2.61. The van der Waals surface area contributed by atoms with E-state index in [4.69, 9.17) is 15.9 Å². The molecule has 0 aliphatic rings. The van der Waals surface area contributed by atoms with Gasteiger partial charge >= 0.3 is 0 Å². The number of terminal acetylenes is 1. The van der Waals surface area contributed by atoms with Crippen LogP contribution in [0.2, 0.25) is 0 Å². The van der Waals surface area contributed by atoms with E-state index in [1.54, 1.807) is 13.2 Å². The fraction of sp³-hybridized carbons (Fsp3) is 0.158. The number of amides is 1. The third-order valence-corrected chi connectivity index (χ3v) is 3.69. The molecule has 6 heteroatoms. The van der Waals surface area contributed by atoms with Gasteiger partial charge in [-0.2, -0.15) is 5.10 Å². The van der Waals surface area contributed by atoms with Crippen LogP contribution in [0, 0.1) is 12.3 Å². The van der Waals surface area contributed by atoms with Gasteiger partial charge < -0.3 is 9.47 Å². The number of carbonyl (C=O) groups is 1. The van der Waals surface area contributed by atoms with Gasteiger partial charge in [0, 0.05) is 10.0 Å². The summed E-state index contributed by atoms with van der Waals surface area (Å²) in [6, 6.07) is 12.7. The first-order chi connectivity index (χ1) is 12.1. The van der Waals surface area contributed by atoms with Crippen LogP contribution in [0.5, 0.6) is 11.5 Å². The summed E-state index contributed by atoms with van der Waals surface area (Å²) in [5, 5.41) is 3.98. The van der Waals surface area contributed by atoms with E-state index in [1.165, 1.54) is 6.21 Å². The van der Waals surface area contributed by atoms with E-state index in [0.717, 1.165) is 15.8 Å². The Morgan fingerprint density at radius 3 is 2.76 bits per heavy atom. The van der Waals surface area contributed by atoms with Crippen molar-refractivity contribution in [1.82, 2.24) is 5.43 Å². The Morgan fingerprint density at radius 1 is 1.32 bits per heavy atom. The number of hydrogen-bond donors (Lipinski definition) is 1. The van der Waals surface area contributed by atoms with Gasteiger partial charge in [-0.3, -0.25) is 4.79 Å². The number of nitrogens with zero attached hydrogens (tertiary/aromatic N) is 1. The molecule has 2 aromatic carbocycles. The molecular weight excluding hydrogens is 384 g/mol. The van der Waals surface area contributed by atoms with Crippen LogP contribution in [0.3, 0.4) is 0 Å². The van der Waals surface area contributed by atoms with Gasteiger partial charge in [0.2, 0.25) is 5.91 Å². The molecule has 0 unspecified atom stereocenters. The second kappa shape index (κ2) is 9.50. The van der Waals surface area contributed by atoms with Gasteiger partial charge in [0.05, 0.1) is 19.7 Å². The number of hydrogen-bond acceptors (Lipinski definition) is 4. The van der Waals surface area contributed by atoms with E-state index in [-0.39, 0.29) is 18.9 Å². The van der Waals surface area contributed by atoms with Crippen LogP contribution in [0.25, 0.3) is 0 Å². The Hall–Kier alpha value is -2.78. The molecule has 0 aliphatic carbocycles. The van der Waals surface area contributed by atoms with Gasteiger partial charge in [-0.1, -0.05) is 34.0 Å². The SMILES string of the molecule is C#CCOc1ccc(Br)cc1/C=N/NC(=O)Cc1ccc(OC)cc1. The van der Waals surface area contributed by atoms with Crippen molar-refractivity contribution in [2.45, 2.75) is 6.42 Å². The van der Waals surface area contributed by atoms with Gasteiger partial charge in [-0.05, 0) is 35.9 Å². The summed E-state index contributed by atoms with van der Waals surface area (Å²) in [5.74, 6) is 3.53. The predicted molar refractivity (Wildman–Crippen MR) is 101 cm³/mol. The minimum Gasteiger partial charge on any atom is -0.497 e. The quantitative estimate of drug-likeness (QED) is 0.441. The van der Waals surface area contributed by atoms with Crippen molar-refractivity contribution in [1.29, 1.82) is 0 Å². The zero-order valence-corrected chi connectivity index (χ0v) is 15.2. The molecule has 0 aliphatic heterocycles. The molecule has 0 saturated carbocycles. The minimum absolute atomic E-state index is 0.159. The van der Waals surface area contributed by atoms with Crippen LogP contribution in [-0.4, -0.2) is 25.8 Å².